The van der Waals surface area contributed by atoms with Crippen LogP contribution in [0.2, 0.25) is 0 Å². The maximum atomic E-state index is 13.7. The van der Waals surface area contributed by atoms with Crippen molar-refractivity contribution in [1.82, 2.24) is 14.7 Å². The van der Waals surface area contributed by atoms with E-state index in [1.165, 1.54) is 4.90 Å². The number of carbonyl (C=O) groups excluding carboxylic acids is 2. The molecule has 3 rings (SSSR count). The van der Waals surface area contributed by atoms with Gasteiger partial charge in [0, 0.05) is 31.7 Å². The number of hydrogen-bond acceptors (Lipinski definition) is 6. The first kappa shape index (κ1) is 20.2. The predicted molar refractivity (Wildman–Crippen MR) is 103 cm³/mol. The van der Waals surface area contributed by atoms with Gasteiger partial charge in [-0.1, -0.05) is 0 Å². The highest BCUT2D eigenvalue weighted by atomic mass is 19.1. The monoisotopic (exact) mass is 404 g/mol. The van der Waals surface area contributed by atoms with Crippen LogP contribution in [0.25, 0.3) is 0 Å². The van der Waals surface area contributed by atoms with Crippen LogP contribution in [0.4, 0.5) is 21.5 Å². The number of benzene rings is 1. The summed E-state index contributed by atoms with van der Waals surface area (Å²) >= 11 is 0. The fourth-order valence-corrected chi connectivity index (χ4v) is 3.29. The molecule has 11 heteroatoms. The third-order valence-electron chi connectivity index (χ3n) is 4.93. The van der Waals surface area contributed by atoms with Gasteiger partial charge < -0.3 is 16.0 Å². The Hall–Kier alpha value is -3.50. The Morgan fingerprint density at radius 1 is 1.38 bits per heavy atom. The number of piperidine rings is 1. The van der Waals surface area contributed by atoms with Crippen LogP contribution >= 0.6 is 0 Å². The van der Waals surface area contributed by atoms with Gasteiger partial charge in [0.2, 0.25) is 5.91 Å². The number of halogens is 1. The van der Waals surface area contributed by atoms with Crippen molar-refractivity contribution in [2.75, 3.05) is 24.1 Å². The van der Waals surface area contributed by atoms with Gasteiger partial charge in [-0.05, 0) is 25.8 Å². The van der Waals surface area contributed by atoms with Crippen LogP contribution in [-0.2, 0) is 11.3 Å². The molecule has 1 aliphatic heterocycles. The molecule has 154 valence electrons. The molecule has 0 aliphatic carbocycles. The lowest BCUT2D eigenvalue weighted by Crippen LogP contribution is -2.41. The highest BCUT2D eigenvalue weighted by molar-refractivity contribution is 6.01. The highest BCUT2D eigenvalue weighted by Gasteiger charge is 2.30. The van der Waals surface area contributed by atoms with Crippen LogP contribution in [0, 0.1) is 21.8 Å². The van der Waals surface area contributed by atoms with Gasteiger partial charge in [0.25, 0.3) is 11.6 Å². The van der Waals surface area contributed by atoms with Crippen LogP contribution in [0.5, 0.6) is 0 Å². The molecule has 3 N–H and O–H groups in total. The van der Waals surface area contributed by atoms with Crippen molar-refractivity contribution in [2.24, 2.45) is 5.92 Å². The lowest BCUT2D eigenvalue weighted by Gasteiger charge is -2.31. The molecular formula is C18H21FN6O4. The maximum Gasteiger partial charge on any atom is 0.295 e. The summed E-state index contributed by atoms with van der Waals surface area (Å²) < 4.78 is 15.4. The second-order valence-corrected chi connectivity index (χ2v) is 6.78. The van der Waals surface area contributed by atoms with E-state index in [9.17, 15) is 24.1 Å². The normalized spacial score (nSPS) is 14.6. The van der Waals surface area contributed by atoms with E-state index in [0.29, 0.717) is 31.1 Å². The van der Waals surface area contributed by atoms with Crippen molar-refractivity contribution < 1.29 is 18.9 Å². The zero-order valence-corrected chi connectivity index (χ0v) is 15.8. The Bertz CT molecular complexity index is 952. The van der Waals surface area contributed by atoms with Gasteiger partial charge in [0.05, 0.1) is 28.4 Å². The number of nitrogens with two attached hydrogens (primary N) is 1. The van der Waals surface area contributed by atoms with Crippen molar-refractivity contribution in [3.63, 3.8) is 0 Å². The van der Waals surface area contributed by atoms with Gasteiger partial charge in [-0.15, -0.1) is 0 Å². The Kier molecular flexibility index (Phi) is 5.76. The first-order valence-corrected chi connectivity index (χ1v) is 9.16. The van der Waals surface area contributed by atoms with Gasteiger partial charge in [-0.3, -0.25) is 24.4 Å². The topological polar surface area (TPSA) is 136 Å². The first-order chi connectivity index (χ1) is 13.8. The minimum Gasteiger partial charge on any atom is -0.393 e. The molecule has 0 spiro atoms. The minimum atomic E-state index is -0.906. The van der Waals surface area contributed by atoms with E-state index in [1.807, 2.05) is 6.92 Å². The molecule has 2 heterocycles. The Morgan fingerprint density at radius 2 is 2.07 bits per heavy atom. The molecule has 1 aromatic carbocycles. The van der Waals surface area contributed by atoms with Gasteiger partial charge >= 0.3 is 0 Å². The molecule has 2 amide bonds. The number of amides is 2. The fraction of sp³-hybridized carbons (Fsp3) is 0.389. The minimum absolute atomic E-state index is 0.159. The number of nitrogen functional groups attached to an aromatic ring is 1. The van der Waals surface area contributed by atoms with Crippen molar-refractivity contribution >= 4 is 28.9 Å². The molecule has 0 bridgehead atoms. The van der Waals surface area contributed by atoms with Crippen molar-refractivity contribution in [1.29, 1.82) is 0 Å². The molecule has 1 saturated heterocycles. The zero-order valence-electron chi connectivity index (χ0n) is 15.8. The number of hydrogen-bond donors (Lipinski definition) is 2. The number of aryl methyl sites for hydroxylation is 1. The molecule has 1 aliphatic rings. The maximum absolute atomic E-state index is 13.7. The molecule has 0 radical (unpaired) electrons. The summed E-state index contributed by atoms with van der Waals surface area (Å²) in [4.78, 5) is 36.7. The van der Waals surface area contributed by atoms with E-state index in [1.54, 1.807) is 17.1 Å². The van der Waals surface area contributed by atoms with Crippen LogP contribution in [0.3, 0.4) is 0 Å². The summed E-state index contributed by atoms with van der Waals surface area (Å²) in [7, 11) is 0. The molecular weight excluding hydrogens is 383 g/mol. The molecule has 1 aromatic heterocycles. The second-order valence-electron chi connectivity index (χ2n) is 6.78. The lowest BCUT2D eigenvalue weighted by molar-refractivity contribution is -0.384. The number of aromatic nitrogens is 2. The average molecular weight is 404 g/mol. The quantitative estimate of drug-likeness (QED) is 0.444. The molecule has 2 aromatic rings. The van der Waals surface area contributed by atoms with E-state index in [2.05, 4.69) is 10.4 Å². The van der Waals surface area contributed by atoms with Gasteiger partial charge in [-0.25, -0.2) is 4.39 Å². The number of rotatable bonds is 5. The van der Waals surface area contributed by atoms with E-state index < -0.39 is 22.3 Å². The summed E-state index contributed by atoms with van der Waals surface area (Å²) in [6.45, 7) is 3.15. The van der Waals surface area contributed by atoms with Gasteiger partial charge in [0.15, 0.2) is 0 Å². The third-order valence-corrected chi connectivity index (χ3v) is 4.93. The molecule has 29 heavy (non-hydrogen) atoms. The number of likely N-dealkylation sites (tertiary alicyclic amines) is 1. The van der Waals surface area contributed by atoms with Crippen molar-refractivity contribution in [3.8, 4) is 0 Å². The SMILES string of the molecule is CCn1cc(NC(=O)C2CCN(C(=O)c3cc(F)cc([N+](=O)[O-])c3N)CC2)cn1. The number of carbonyl (C=O) groups is 2. The molecule has 1 fully saturated rings. The van der Waals surface area contributed by atoms with E-state index in [-0.39, 0.29) is 36.2 Å². The Balaban J connectivity index is 1.64. The lowest BCUT2D eigenvalue weighted by atomic mass is 9.95. The fourth-order valence-electron chi connectivity index (χ4n) is 3.29. The predicted octanol–water partition coefficient (Wildman–Crippen LogP) is 2.02. The van der Waals surface area contributed by atoms with Crippen LogP contribution in [0.15, 0.2) is 24.5 Å². The standard InChI is InChI=1S/C18H21FN6O4/c1-2-24-10-13(9-21-24)22-17(26)11-3-5-23(6-4-11)18(27)14-7-12(19)8-15(16(14)20)25(28)29/h7-11H,2-6,20H2,1H3,(H,22,26). The van der Waals surface area contributed by atoms with E-state index in [0.717, 1.165) is 6.07 Å². The van der Waals surface area contributed by atoms with Gasteiger partial charge in [-0.2, -0.15) is 5.10 Å². The molecule has 0 atom stereocenters. The molecule has 10 nitrogen and oxygen atoms in total. The summed E-state index contributed by atoms with van der Waals surface area (Å²) in [6.07, 6.45) is 4.13. The van der Waals surface area contributed by atoms with Gasteiger partial charge in [0.1, 0.15) is 11.5 Å². The van der Waals surface area contributed by atoms with Crippen molar-refractivity contribution in [2.45, 2.75) is 26.3 Å². The number of nitrogens with zero attached hydrogens (tertiary/aromatic N) is 4. The summed E-state index contributed by atoms with van der Waals surface area (Å²) in [5.74, 6) is -1.94. The zero-order chi connectivity index (χ0) is 21.1. The second kappa shape index (κ2) is 8.25. The molecule has 0 saturated carbocycles. The number of nitro groups is 1. The number of nitro benzene ring substituents is 1. The number of anilines is 2. The smallest absolute Gasteiger partial charge is 0.295 e. The average Bonchev–Trinajstić information content (AvgIpc) is 3.16. The summed E-state index contributed by atoms with van der Waals surface area (Å²) in [5.41, 5.74) is 5.06. The largest absolute Gasteiger partial charge is 0.393 e. The Morgan fingerprint density at radius 3 is 2.66 bits per heavy atom. The molecule has 0 unspecified atom stereocenters. The summed E-state index contributed by atoms with van der Waals surface area (Å²) in [6, 6.07) is 1.58. The number of nitrogens with one attached hydrogen (secondary N) is 1. The first-order valence-electron chi connectivity index (χ1n) is 9.16. The van der Waals surface area contributed by atoms with E-state index >= 15 is 0 Å². The van der Waals surface area contributed by atoms with Crippen molar-refractivity contribution in [3.05, 3.63) is 46.0 Å². The Labute approximate surface area is 165 Å². The van der Waals surface area contributed by atoms with E-state index in [4.69, 9.17) is 5.73 Å². The third kappa shape index (κ3) is 4.33. The highest BCUT2D eigenvalue weighted by Crippen LogP contribution is 2.29. The summed E-state index contributed by atoms with van der Waals surface area (Å²) in [5, 5.41) is 17.9. The van der Waals surface area contributed by atoms with Crippen LogP contribution in [0.1, 0.15) is 30.1 Å². The van der Waals surface area contributed by atoms with Crippen LogP contribution < -0.4 is 11.1 Å². The van der Waals surface area contributed by atoms with Crippen LogP contribution in [-0.4, -0.2) is 44.5 Å².